The van der Waals surface area contributed by atoms with Crippen LogP contribution in [0.5, 0.6) is 0 Å². The van der Waals surface area contributed by atoms with Gasteiger partial charge in [-0.15, -0.1) is 0 Å². The molecule has 3 nitrogen and oxygen atoms in total. The molecular formula is C12H20O3. The summed E-state index contributed by atoms with van der Waals surface area (Å²) in [6, 6.07) is 0. The first-order chi connectivity index (χ1) is 7.33. The van der Waals surface area contributed by atoms with Crippen molar-refractivity contribution in [2.24, 2.45) is 0 Å². The Morgan fingerprint density at radius 3 is 2.40 bits per heavy atom. The lowest BCUT2D eigenvalue weighted by Crippen LogP contribution is -2.20. The standard InChI is InChI=1S/C12H20O3/c1-2-10-14-12(13)15-11-8-6-4-3-5-7-9-11/h2,11H,1,3-10H2. The maximum Gasteiger partial charge on any atom is 0.508 e. The van der Waals surface area contributed by atoms with Crippen LogP contribution in [0.1, 0.15) is 44.9 Å². The van der Waals surface area contributed by atoms with Gasteiger partial charge in [0.15, 0.2) is 0 Å². The summed E-state index contributed by atoms with van der Waals surface area (Å²) >= 11 is 0. The van der Waals surface area contributed by atoms with Crippen LogP contribution in [0.2, 0.25) is 0 Å². The van der Waals surface area contributed by atoms with E-state index in [4.69, 9.17) is 9.47 Å². The summed E-state index contributed by atoms with van der Waals surface area (Å²) in [5.74, 6) is 0. The molecular weight excluding hydrogens is 192 g/mol. The minimum atomic E-state index is -0.555. The Morgan fingerprint density at radius 2 is 1.80 bits per heavy atom. The van der Waals surface area contributed by atoms with Gasteiger partial charge < -0.3 is 9.47 Å². The Hall–Kier alpha value is -0.990. The van der Waals surface area contributed by atoms with Gasteiger partial charge in [0.2, 0.25) is 0 Å². The van der Waals surface area contributed by atoms with Crippen LogP contribution >= 0.6 is 0 Å². The fraction of sp³-hybridized carbons (Fsp3) is 0.750. The minimum Gasteiger partial charge on any atom is -0.431 e. The molecule has 1 aliphatic carbocycles. The van der Waals surface area contributed by atoms with Crippen LogP contribution < -0.4 is 0 Å². The predicted molar refractivity (Wildman–Crippen MR) is 58.7 cm³/mol. The summed E-state index contributed by atoms with van der Waals surface area (Å²) in [6.07, 6.45) is 9.12. The molecule has 0 aliphatic heterocycles. The molecule has 0 spiro atoms. The van der Waals surface area contributed by atoms with Gasteiger partial charge in [0.25, 0.3) is 0 Å². The summed E-state index contributed by atoms with van der Waals surface area (Å²) in [6.45, 7) is 3.70. The van der Waals surface area contributed by atoms with Crippen molar-refractivity contribution in [2.75, 3.05) is 6.61 Å². The minimum absolute atomic E-state index is 0.0580. The molecule has 1 saturated carbocycles. The van der Waals surface area contributed by atoms with E-state index in [1.807, 2.05) is 0 Å². The quantitative estimate of drug-likeness (QED) is 0.531. The van der Waals surface area contributed by atoms with Crippen LogP contribution in [0, 0.1) is 0 Å². The number of hydrogen-bond donors (Lipinski definition) is 0. The van der Waals surface area contributed by atoms with E-state index in [1.165, 1.54) is 19.3 Å². The largest absolute Gasteiger partial charge is 0.508 e. The Kier molecular flexibility index (Phi) is 5.90. The molecule has 0 radical (unpaired) electrons. The molecule has 0 N–H and O–H groups in total. The van der Waals surface area contributed by atoms with E-state index in [1.54, 1.807) is 6.08 Å². The van der Waals surface area contributed by atoms with E-state index in [0.29, 0.717) is 0 Å². The highest BCUT2D eigenvalue weighted by molar-refractivity contribution is 5.60. The molecule has 3 heteroatoms. The monoisotopic (exact) mass is 212 g/mol. The number of rotatable bonds is 3. The smallest absolute Gasteiger partial charge is 0.431 e. The van der Waals surface area contributed by atoms with Crippen molar-refractivity contribution in [1.29, 1.82) is 0 Å². The van der Waals surface area contributed by atoms with E-state index in [9.17, 15) is 4.79 Å². The first-order valence-corrected chi connectivity index (χ1v) is 5.77. The third-order valence-corrected chi connectivity index (χ3v) is 2.63. The van der Waals surface area contributed by atoms with Gasteiger partial charge in [-0.05, 0) is 25.7 Å². The average Bonchev–Trinajstić information content (AvgIpc) is 2.19. The normalized spacial score (nSPS) is 18.7. The van der Waals surface area contributed by atoms with Crippen molar-refractivity contribution in [3.8, 4) is 0 Å². The van der Waals surface area contributed by atoms with Crippen LogP contribution in [0.25, 0.3) is 0 Å². The maximum atomic E-state index is 11.2. The summed E-state index contributed by atoms with van der Waals surface area (Å²) in [5.41, 5.74) is 0. The molecule has 0 bridgehead atoms. The molecule has 0 aromatic heterocycles. The molecule has 0 aromatic rings. The lowest BCUT2D eigenvalue weighted by atomic mass is 9.99. The lowest BCUT2D eigenvalue weighted by molar-refractivity contribution is 0.0205. The highest BCUT2D eigenvalue weighted by Gasteiger charge is 2.16. The third-order valence-electron chi connectivity index (χ3n) is 2.63. The lowest BCUT2D eigenvalue weighted by Gasteiger charge is -2.19. The van der Waals surface area contributed by atoms with Crippen molar-refractivity contribution in [3.63, 3.8) is 0 Å². The van der Waals surface area contributed by atoms with Gasteiger partial charge in [0.1, 0.15) is 12.7 Å². The molecule has 15 heavy (non-hydrogen) atoms. The van der Waals surface area contributed by atoms with Gasteiger partial charge in [-0.25, -0.2) is 4.79 Å². The molecule has 0 atom stereocenters. The summed E-state index contributed by atoms with van der Waals surface area (Å²) < 4.78 is 10.0. The Morgan fingerprint density at radius 1 is 1.20 bits per heavy atom. The fourth-order valence-electron chi connectivity index (χ4n) is 1.83. The highest BCUT2D eigenvalue weighted by Crippen LogP contribution is 2.19. The molecule has 1 rings (SSSR count). The fourth-order valence-corrected chi connectivity index (χ4v) is 1.83. The zero-order valence-electron chi connectivity index (χ0n) is 9.24. The van der Waals surface area contributed by atoms with E-state index in [2.05, 4.69) is 6.58 Å². The van der Waals surface area contributed by atoms with Gasteiger partial charge in [-0.3, -0.25) is 0 Å². The van der Waals surface area contributed by atoms with Crippen LogP contribution in [-0.4, -0.2) is 18.9 Å². The van der Waals surface area contributed by atoms with Gasteiger partial charge >= 0.3 is 6.16 Å². The molecule has 0 unspecified atom stereocenters. The van der Waals surface area contributed by atoms with Crippen molar-refractivity contribution < 1.29 is 14.3 Å². The second-order valence-electron chi connectivity index (χ2n) is 3.93. The van der Waals surface area contributed by atoms with E-state index in [-0.39, 0.29) is 12.7 Å². The molecule has 0 heterocycles. The van der Waals surface area contributed by atoms with E-state index < -0.39 is 6.16 Å². The third kappa shape index (κ3) is 5.45. The van der Waals surface area contributed by atoms with Gasteiger partial charge in [0, 0.05) is 0 Å². The topological polar surface area (TPSA) is 35.5 Å². The number of carbonyl (C=O) groups excluding carboxylic acids is 1. The van der Waals surface area contributed by atoms with Crippen molar-refractivity contribution in [2.45, 2.75) is 51.0 Å². The summed E-state index contributed by atoms with van der Waals surface area (Å²) in [7, 11) is 0. The van der Waals surface area contributed by atoms with Gasteiger partial charge in [-0.1, -0.05) is 31.9 Å². The summed E-state index contributed by atoms with van der Waals surface area (Å²) in [5, 5.41) is 0. The SMILES string of the molecule is C=CCOC(=O)OC1CCCCCCC1. The molecule has 1 aliphatic rings. The average molecular weight is 212 g/mol. The Bertz CT molecular complexity index is 193. The number of ether oxygens (including phenoxy) is 2. The molecule has 86 valence electrons. The maximum absolute atomic E-state index is 11.2. The molecule has 0 saturated heterocycles. The van der Waals surface area contributed by atoms with Crippen molar-refractivity contribution in [3.05, 3.63) is 12.7 Å². The second kappa shape index (κ2) is 7.32. The predicted octanol–water partition coefficient (Wildman–Crippen LogP) is 3.44. The van der Waals surface area contributed by atoms with Crippen LogP contribution in [0.4, 0.5) is 4.79 Å². The van der Waals surface area contributed by atoms with Crippen molar-refractivity contribution in [1.82, 2.24) is 0 Å². The molecule has 1 fully saturated rings. The van der Waals surface area contributed by atoms with Crippen molar-refractivity contribution >= 4 is 6.16 Å². The van der Waals surface area contributed by atoms with Gasteiger partial charge in [-0.2, -0.15) is 0 Å². The molecule has 0 aromatic carbocycles. The zero-order chi connectivity index (χ0) is 10.9. The first kappa shape index (κ1) is 12.1. The number of carbonyl (C=O) groups is 1. The highest BCUT2D eigenvalue weighted by atomic mass is 16.7. The molecule has 0 amide bonds. The van der Waals surface area contributed by atoms with Gasteiger partial charge in [0.05, 0.1) is 0 Å². The Balaban J connectivity index is 2.21. The van der Waals surface area contributed by atoms with Crippen LogP contribution in [0.3, 0.4) is 0 Å². The van der Waals surface area contributed by atoms with Crippen LogP contribution in [-0.2, 0) is 9.47 Å². The summed E-state index contributed by atoms with van der Waals surface area (Å²) in [4.78, 5) is 11.2. The van der Waals surface area contributed by atoms with E-state index in [0.717, 1.165) is 25.7 Å². The van der Waals surface area contributed by atoms with Crippen LogP contribution in [0.15, 0.2) is 12.7 Å². The zero-order valence-corrected chi connectivity index (χ0v) is 9.24. The first-order valence-electron chi connectivity index (χ1n) is 5.77. The number of hydrogen-bond acceptors (Lipinski definition) is 3. The Labute approximate surface area is 91.4 Å². The second-order valence-corrected chi connectivity index (χ2v) is 3.93. The van der Waals surface area contributed by atoms with E-state index >= 15 is 0 Å².